The van der Waals surface area contributed by atoms with Gasteiger partial charge in [-0.25, -0.2) is 0 Å². The fourth-order valence-electron chi connectivity index (χ4n) is 6.78. The van der Waals surface area contributed by atoms with E-state index in [0.717, 1.165) is 72.7 Å². The number of para-hydroxylation sites is 3. The molecule has 6 heteroatoms. The molecule has 54 heavy (non-hydrogen) atoms. The average Bonchev–Trinajstić information content (AvgIpc) is 4.01. The molecule has 0 saturated carbocycles. The molecule has 4 heterocycles. The third-order valence-electron chi connectivity index (χ3n) is 9.26. The molecule has 0 atom stereocenters. The molecule has 1 radical (unpaired) electrons. The first kappa shape index (κ1) is 34.9. The van der Waals surface area contributed by atoms with Gasteiger partial charge in [-0.2, -0.15) is 0 Å². The maximum atomic E-state index is 5.28. The van der Waals surface area contributed by atoms with E-state index in [0.29, 0.717) is 0 Å². The van der Waals surface area contributed by atoms with E-state index in [2.05, 4.69) is 171 Å². The molecule has 0 N–H and O–H groups in total. The van der Waals surface area contributed by atoms with Crippen molar-refractivity contribution in [2.75, 3.05) is 0 Å². The summed E-state index contributed by atoms with van der Waals surface area (Å²) in [7, 11) is 0. The fourth-order valence-corrected chi connectivity index (χ4v) is 7.60. The average molecular weight is 889 g/mol. The van der Waals surface area contributed by atoms with Crippen LogP contribution in [0, 0.1) is 11.4 Å². The van der Waals surface area contributed by atoms with Crippen molar-refractivity contribution in [3.63, 3.8) is 0 Å². The molecule has 0 saturated heterocycles. The SMILES string of the molecule is [Ir].[c-]1ccccc1-c1ccccn1.[c-]1sc2ccc(-n3cccc3)cc2c1-c1nc2ccccc2n1-c1c(-c2ccccc2)cccc1-c1ccccc1. The summed E-state index contributed by atoms with van der Waals surface area (Å²) >= 11 is 1.64. The summed E-state index contributed by atoms with van der Waals surface area (Å²) in [6.07, 6.45) is 5.94. The van der Waals surface area contributed by atoms with Gasteiger partial charge in [-0.15, -0.1) is 41.3 Å². The van der Waals surface area contributed by atoms with Crippen molar-refractivity contribution in [3.8, 4) is 56.3 Å². The number of hydrogen-bond donors (Lipinski definition) is 0. The van der Waals surface area contributed by atoms with Gasteiger partial charge in [0.25, 0.3) is 0 Å². The maximum Gasteiger partial charge on any atom is 0.0774 e. The minimum Gasteiger partial charge on any atom is -0.332 e. The Bertz CT molecular complexity index is 2660. The standard InChI is InChI=1S/C37H24N3S.C11H8N.Ir/c1-3-12-26(13-4-1)29-16-11-17-30(27-14-5-2-6-15-27)36(29)40-34-19-8-7-18-33(34)38-37(40)32-25-41-35-21-20-28(24-31(32)35)39-22-9-10-23-39;1-2-6-10(7-3-1)11-8-4-5-9-12-11;/h1-24H;1-6,8-9H;/q2*-1;. The van der Waals surface area contributed by atoms with Crippen molar-refractivity contribution in [1.82, 2.24) is 19.1 Å². The van der Waals surface area contributed by atoms with Crippen LogP contribution < -0.4 is 0 Å². The van der Waals surface area contributed by atoms with Crippen LogP contribution in [-0.2, 0) is 20.1 Å². The first-order valence-electron chi connectivity index (χ1n) is 17.5. The van der Waals surface area contributed by atoms with E-state index in [4.69, 9.17) is 4.98 Å². The van der Waals surface area contributed by atoms with E-state index in [1.54, 1.807) is 17.5 Å². The summed E-state index contributed by atoms with van der Waals surface area (Å²) in [5, 5.41) is 4.79. The minimum atomic E-state index is 0. The molecule has 4 aromatic heterocycles. The van der Waals surface area contributed by atoms with Gasteiger partial charge >= 0.3 is 0 Å². The third-order valence-corrected chi connectivity index (χ3v) is 10.1. The molecule has 0 fully saturated rings. The summed E-state index contributed by atoms with van der Waals surface area (Å²) in [5.74, 6) is 0.891. The monoisotopic (exact) mass is 889 g/mol. The Kier molecular flexibility index (Phi) is 10.2. The Morgan fingerprint density at radius 1 is 0.593 bits per heavy atom. The first-order valence-corrected chi connectivity index (χ1v) is 18.3. The minimum absolute atomic E-state index is 0. The Morgan fingerprint density at radius 2 is 1.28 bits per heavy atom. The largest absolute Gasteiger partial charge is 0.332 e. The number of aromatic nitrogens is 4. The number of rotatable bonds is 6. The number of benzene rings is 6. The molecule has 10 rings (SSSR count). The van der Waals surface area contributed by atoms with Crippen molar-refractivity contribution in [3.05, 3.63) is 206 Å². The quantitative estimate of drug-likeness (QED) is 0.156. The van der Waals surface area contributed by atoms with Gasteiger partial charge in [0.2, 0.25) is 0 Å². The molecule has 0 bridgehead atoms. The van der Waals surface area contributed by atoms with Crippen LogP contribution in [0.5, 0.6) is 0 Å². The van der Waals surface area contributed by atoms with Gasteiger partial charge in [-0.05, 0) is 53.2 Å². The van der Waals surface area contributed by atoms with Gasteiger partial charge in [-0.1, -0.05) is 131 Å². The van der Waals surface area contributed by atoms with Crippen LogP contribution in [-0.4, -0.2) is 19.1 Å². The summed E-state index contributed by atoms with van der Waals surface area (Å²) in [6.45, 7) is 0. The molecule has 4 nitrogen and oxygen atoms in total. The van der Waals surface area contributed by atoms with Crippen LogP contribution in [0.3, 0.4) is 0 Å². The molecule has 10 aromatic rings. The Hall–Kier alpha value is -6.17. The molecule has 6 aromatic carbocycles. The maximum absolute atomic E-state index is 5.28. The van der Waals surface area contributed by atoms with Crippen molar-refractivity contribution in [2.45, 2.75) is 0 Å². The van der Waals surface area contributed by atoms with Gasteiger partial charge in [0, 0.05) is 55.5 Å². The van der Waals surface area contributed by atoms with Gasteiger partial charge in [-0.3, -0.25) is 16.3 Å². The number of thiophene rings is 1. The third kappa shape index (κ3) is 6.86. The van der Waals surface area contributed by atoms with Gasteiger partial charge in [0.05, 0.1) is 22.5 Å². The van der Waals surface area contributed by atoms with Crippen LogP contribution in [0.4, 0.5) is 0 Å². The van der Waals surface area contributed by atoms with Gasteiger partial charge in [0.1, 0.15) is 0 Å². The zero-order valence-corrected chi connectivity index (χ0v) is 32.2. The topological polar surface area (TPSA) is 35.6 Å². The second-order valence-corrected chi connectivity index (χ2v) is 13.4. The second kappa shape index (κ2) is 15.8. The number of pyridine rings is 1. The van der Waals surface area contributed by atoms with E-state index in [1.807, 2.05) is 42.5 Å². The molecule has 0 spiro atoms. The molecule has 0 unspecified atom stereocenters. The molecular weight excluding hydrogens is 857 g/mol. The van der Waals surface area contributed by atoms with Crippen LogP contribution in [0.25, 0.3) is 77.4 Å². The second-order valence-electron chi connectivity index (χ2n) is 12.5. The van der Waals surface area contributed by atoms with E-state index < -0.39 is 0 Å². The van der Waals surface area contributed by atoms with E-state index >= 15 is 0 Å². The Balaban J connectivity index is 0.000000271. The summed E-state index contributed by atoms with van der Waals surface area (Å²) in [6, 6.07) is 63.8. The molecular formula is C48H32IrN4S-2. The van der Waals surface area contributed by atoms with E-state index in [1.165, 1.54) is 4.70 Å². The molecule has 261 valence electrons. The zero-order chi connectivity index (χ0) is 35.4. The Labute approximate surface area is 332 Å². The number of nitrogens with zero attached hydrogens (tertiary/aromatic N) is 4. The van der Waals surface area contributed by atoms with E-state index in [9.17, 15) is 0 Å². The van der Waals surface area contributed by atoms with Crippen LogP contribution in [0.1, 0.15) is 0 Å². The summed E-state index contributed by atoms with van der Waals surface area (Å²) < 4.78 is 5.68. The number of fused-ring (bicyclic) bond motifs is 2. The van der Waals surface area contributed by atoms with Crippen molar-refractivity contribution >= 4 is 32.5 Å². The Morgan fingerprint density at radius 3 is 1.96 bits per heavy atom. The van der Waals surface area contributed by atoms with Crippen molar-refractivity contribution < 1.29 is 20.1 Å². The number of imidazole rings is 1. The zero-order valence-electron chi connectivity index (χ0n) is 29.0. The van der Waals surface area contributed by atoms with E-state index in [-0.39, 0.29) is 20.1 Å². The smallest absolute Gasteiger partial charge is 0.0774 e. The normalized spacial score (nSPS) is 10.8. The molecule has 0 aliphatic rings. The van der Waals surface area contributed by atoms with Crippen LogP contribution in [0.2, 0.25) is 0 Å². The predicted octanol–water partition coefficient (Wildman–Crippen LogP) is 12.4. The van der Waals surface area contributed by atoms with Gasteiger partial charge < -0.3 is 14.1 Å². The summed E-state index contributed by atoms with van der Waals surface area (Å²) in [5.41, 5.74) is 11.9. The molecule has 0 aliphatic heterocycles. The fraction of sp³-hybridized carbons (Fsp3) is 0. The molecule has 0 amide bonds. The van der Waals surface area contributed by atoms with Crippen LogP contribution in [0.15, 0.2) is 195 Å². The van der Waals surface area contributed by atoms with Crippen LogP contribution >= 0.6 is 11.3 Å². The number of hydrogen-bond acceptors (Lipinski definition) is 3. The molecule has 0 aliphatic carbocycles. The van der Waals surface area contributed by atoms with Crippen molar-refractivity contribution in [2.24, 2.45) is 0 Å². The predicted molar refractivity (Wildman–Crippen MR) is 219 cm³/mol. The first-order chi connectivity index (χ1) is 26.3. The van der Waals surface area contributed by atoms with Crippen molar-refractivity contribution in [1.29, 1.82) is 0 Å². The summed E-state index contributed by atoms with van der Waals surface area (Å²) in [4.78, 5) is 9.49. The van der Waals surface area contributed by atoms with Gasteiger partial charge in [0.15, 0.2) is 0 Å².